The molecule has 4 atom stereocenters. The van der Waals surface area contributed by atoms with E-state index in [9.17, 15) is 42.3 Å². The number of pyridine rings is 1. The van der Waals surface area contributed by atoms with E-state index in [0.717, 1.165) is 0 Å². The summed E-state index contributed by atoms with van der Waals surface area (Å²) in [6.07, 6.45) is -2.67. The smallest absolute Gasteiger partial charge is 0.414 e. The highest BCUT2D eigenvalue weighted by molar-refractivity contribution is 5.94. The summed E-state index contributed by atoms with van der Waals surface area (Å²) in [6, 6.07) is 2.20. The summed E-state index contributed by atoms with van der Waals surface area (Å²) in [4.78, 5) is 67.1. The molecule has 1 aromatic heterocycles. The molecule has 1 fully saturated rings. The topological polar surface area (TPSA) is 179 Å². The van der Waals surface area contributed by atoms with Gasteiger partial charge in [-0.3, -0.25) is 29.2 Å². The van der Waals surface area contributed by atoms with Crippen molar-refractivity contribution in [2.24, 2.45) is 11.3 Å². The normalized spacial score (nSPS) is 17.4. The van der Waals surface area contributed by atoms with Crippen molar-refractivity contribution in [3.8, 4) is 0 Å². The lowest BCUT2D eigenvalue weighted by molar-refractivity contribution is -0.157. The number of fused-ring (bicyclic) bond motifs is 1. The van der Waals surface area contributed by atoms with Crippen LogP contribution in [0, 0.1) is 11.3 Å². The molecule has 1 aromatic carbocycles. The van der Waals surface area contributed by atoms with Gasteiger partial charge in [0.1, 0.15) is 18.1 Å². The molecule has 16 heteroatoms. The van der Waals surface area contributed by atoms with E-state index in [1.165, 1.54) is 37.9 Å². The number of alkyl carbamates (subject to hydrolysis) is 1. The molecule has 1 aliphatic rings. The zero-order valence-electron chi connectivity index (χ0n) is 29.1. The van der Waals surface area contributed by atoms with Crippen LogP contribution >= 0.6 is 0 Å². The summed E-state index contributed by atoms with van der Waals surface area (Å²) in [5, 5.41) is 18.2. The molecule has 0 bridgehead atoms. The molecular formula is C34H45F3N6O7. The van der Waals surface area contributed by atoms with Crippen LogP contribution in [-0.4, -0.2) is 81.8 Å². The van der Waals surface area contributed by atoms with Gasteiger partial charge in [-0.25, -0.2) is 10.2 Å². The number of hydrogen-bond acceptors (Lipinski definition) is 8. The minimum Gasteiger partial charge on any atom is -0.480 e. The number of carboxylic acids is 1. The van der Waals surface area contributed by atoms with Gasteiger partial charge >= 0.3 is 18.2 Å². The largest absolute Gasteiger partial charge is 0.480 e. The average molecular weight is 707 g/mol. The molecule has 0 radical (unpaired) electrons. The molecule has 1 aliphatic heterocycles. The summed E-state index contributed by atoms with van der Waals surface area (Å²) in [6.45, 7) is 11.5. The molecule has 13 nitrogen and oxygen atoms in total. The fraction of sp³-hybridized carbons (Fsp3) is 0.529. The van der Waals surface area contributed by atoms with Gasteiger partial charge in [0.2, 0.25) is 11.8 Å². The van der Waals surface area contributed by atoms with Crippen molar-refractivity contribution in [1.29, 1.82) is 0 Å². The molecule has 2 aromatic rings. The van der Waals surface area contributed by atoms with Crippen molar-refractivity contribution in [3.05, 3.63) is 47.7 Å². The Bertz CT molecular complexity index is 1610. The monoisotopic (exact) mass is 706 g/mol. The number of carboxylic acid groups (broad SMARTS) is 1. The van der Waals surface area contributed by atoms with Crippen LogP contribution in [0.2, 0.25) is 0 Å². The maximum Gasteiger partial charge on any atom is 0.414 e. The van der Waals surface area contributed by atoms with E-state index in [4.69, 9.17) is 4.74 Å². The molecular weight excluding hydrogens is 661 g/mol. The number of benzene rings is 1. The van der Waals surface area contributed by atoms with Crippen LogP contribution in [-0.2, 0) is 23.9 Å². The number of carbonyl (C=O) groups excluding carboxylic acids is 4. The Kier molecular flexibility index (Phi) is 13.0. The predicted octanol–water partition coefficient (Wildman–Crippen LogP) is 4.24. The first-order chi connectivity index (χ1) is 23.2. The highest BCUT2D eigenvalue weighted by Crippen LogP contribution is 2.33. The quantitative estimate of drug-likeness (QED) is 0.216. The van der Waals surface area contributed by atoms with Gasteiger partial charge < -0.3 is 25.8 Å². The van der Waals surface area contributed by atoms with Crippen LogP contribution in [0.4, 0.5) is 18.0 Å². The number of hydrogen-bond donors (Lipinski definition) is 5. The Balaban J connectivity index is 1.73. The molecule has 0 spiro atoms. The van der Waals surface area contributed by atoms with Crippen molar-refractivity contribution in [2.75, 3.05) is 6.54 Å². The summed E-state index contributed by atoms with van der Waals surface area (Å²) >= 11 is 0. The zero-order valence-corrected chi connectivity index (χ0v) is 29.1. The van der Waals surface area contributed by atoms with Crippen LogP contribution in [0.1, 0.15) is 78.6 Å². The second-order valence-corrected chi connectivity index (χ2v) is 13.4. The Morgan fingerprint density at radius 1 is 1.02 bits per heavy atom. The minimum atomic E-state index is -4.85. The molecule has 274 valence electrons. The Morgan fingerprint density at radius 3 is 2.28 bits per heavy atom. The number of nitrogens with zero attached hydrogens (tertiary/aromatic N) is 2. The number of nitrogens with one attached hydrogen (secondary N) is 4. The van der Waals surface area contributed by atoms with E-state index >= 15 is 0 Å². The van der Waals surface area contributed by atoms with E-state index in [0.29, 0.717) is 23.8 Å². The number of halogens is 3. The maximum absolute atomic E-state index is 13.9. The van der Waals surface area contributed by atoms with E-state index < -0.39 is 77.3 Å². The van der Waals surface area contributed by atoms with Crippen molar-refractivity contribution < 1.29 is 47.0 Å². The molecule has 1 saturated heterocycles. The number of aromatic nitrogens is 1. The van der Waals surface area contributed by atoms with Gasteiger partial charge in [-0.2, -0.15) is 13.2 Å². The van der Waals surface area contributed by atoms with Crippen LogP contribution in [0.25, 0.3) is 17.0 Å². The second kappa shape index (κ2) is 16.3. The molecule has 3 rings (SSSR count). The van der Waals surface area contributed by atoms with E-state index in [2.05, 4.69) is 21.0 Å². The number of carbonyl (C=O) groups is 5. The highest BCUT2D eigenvalue weighted by Gasteiger charge is 2.43. The molecule has 50 heavy (non-hydrogen) atoms. The van der Waals surface area contributed by atoms with E-state index in [1.807, 2.05) is 5.32 Å². The van der Waals surface area contributed by atoms with Gasteiger partial charge in [-0.15, -0.1) is 0 Å². The van der Waals surface area contributed by atoms with Gasteiger partial charge in [0.25, 0.3) is 5.91 Å². The third kappa shape index (κ3) is 10.6. The number of alkyl halides is 3. The Labute approximate surface area is 288 Å². The summed E-state index contributed by atoms with van der Waals surface area (Å²) in [5.41, 5.74) is 1.82. The lowest BCUT2D eigenvalue weighted by atomic mass is 9.89. The molecule has 2 heterocycles. The first-order valence-corrected chi connectivity index (χ1v) is 16.2. The highest BCUT2D eigenvalue weighted by atomic mass is 19.4. The van der Waals surface area contributed by atoms with Crippen LogP contribution in [0.5, 0.6) is 0 Å². The molecule has 0 aliphatic carbocycles. The molecule has 0 saturated carbocycles. The number of rotatable bonds is 12. The van der Waals surface area contributed by atoms with E-state index in [1.54, 1.807) is 58.0 Å². The van der Waals surface area contributed by atoms with Crippen molar-refractivity contribution in [3.63, 3.8) is 0 Å². The zero-order chi connectivity index (χ0) is 37.6. The van der Waals surface area contributed by atoms with Crippen LogP contribution in [0.3, 0.4) is 0 Å². The third-order valence-electron chi connectivity index (χ3n) is 7.96. The fourth-order valence-electron chi connectivity index (χ4n) is 5.07. The molecule has 0 unspecified atom stereocenters. The molecule has 4 amide bonds. The second-order valence-electron chi connectivity index (χ2n) is 13.4. The summed E-state index contributed by atoms with van der Waals surface area (Å²) in [7, 11) is 0. The lowest BCUT2D eigenvalue weighted by Crippen LogP contribution is -2.61. The van der Waals surface area contributed by atoms with E-state index in [-0.39, 0.29) is 18.0 Å². The van der Waals surface area contributed by atoms with Gasteiger partial charge in [-0.05, 0) is 71.1 Å². The van der Waals surface area contributed by atoms with Crippen molar-refractivity contribution in [2.45, 2.75) is 97.8 Å². The van der Waals surface area contributed by atoms with Crippen molar-refractivity contribution in [1.82, 2.24) is 31.4 Å². The summed E-state index contributed by atoms with van der Waals surface area (Å²) < 4.78 is 46.5. The standard InChI is InChI=1S/C34H45F3N6O7/c1-18(2)26(28(44)38-20(5)29(45)43-16-8-9-24(42-43)30(46)47)40-31(48)33(6,7)15-14-21-10-11-22-12-13-23(39-25(22)17-21)27(34(35,36)37)41-32(49)50-19(3)4/h10-15,17-20,24,26-27,42H,8-9,16H2,1-7H3,(H,38,44)(H,40,48)(H,41,49)(H,46,47)/b15-14+/t20-,24-,26-,27-/m0/s1. The summed E-state index contributed by atoms with van der Waals surface area (Å²) in [5.74, 6) is -3.07. The first kappa shape index (κ1) is 39.7. The van der Waals surface area contributed by atoms with Crippen LogP contribution in [0.15, 0.2) is 36.4 Å². The Hall–Kier alpha value is -4.73. The van der Waals surface area contributed by atoms with Crippen LogP contribution < -0.4 is 21.4 Å². The van der Waals surface area contributed by atoms with Gasteiger partial charge in [0, 0.05) is 11.9 Å². The van der Waals surface area contributed by atoms with Gasteiger partial charge in [0.15, 0.2) is 6.04 Å². The number of aliphatic carboxylic acids is 1. The van der Waals surface area contributed by atoms with Gasteiger partial charge in [0.05, 0.1) is 22.7 Å². The predicted molar refractivity (Wildman–Crippen MR) is 178 cm³/mol. The lowest BCUT2D eigenvalue weighted by Gasteiger charge is -2.34. The maximum atomic E-state index is 13.9. The minimum absolute atomic E-state index is 0.221. The number of ether oxygens (including phenoxy) is 1. The average Bonchev–Trinajstić information content (AvgIpc) is 3.03. The van der Waals surface area contributed by atoms with Crippen molar-refractivity contribution >= 4 is 46.8 Å². The molecule has 5 N–H and O–H groups in total. The first-order valence-electron chi connectivity index (χ1n) is 16.2. The SMILES string of the molecule is CC(C)OC(=O)N[C@@H](c1ccc2ccc(/C=C/C(C)(C)C(=O)N[C@H](C(=O)N[C@@H](C)C(=O)N3CCC[C@@H](C(=O)O)N3)C(C)C)cc2n1)C(F)(F)F. The fourth-order valence-corrected chi connectivity index (χ4v) is 5.07. The van der Waals surface area contributed by atoms with Gasteiger partial charge in [-0.1, -0.05) is 44.2 Å². The number of hydrazine groups is 1. The third-order valence-corrected chi connectivity index (χ3v) is 7.96. The Morgan fingerprint density at radius 2 is 1.68 bits per heavy atom. The number of amides is 4.